The summed E-state index contributed by atoms with van der Waals surface area (Å²) in [5.74, 6) is -1.76. The molecule has 0 bridgehead atoms. The molecular weight excluding hydrogens is 342 g/mol. The number of halogens is 6. The second-order valence-corrected chi connectivity index (χ2v) is 6.64. The maximum Gasteiger partial charge on any atom is 0.426 e. The summed E-state index contributed by atoms with van der Waals surface area (Å²) < 4.78 is 81.8. The second kappa shape index (κ2) is 7.49. The molecule has 0 aromatic carbocycles. The SMILES string of the molecule is CC(=O)OCCCC1CC(C)CC1CC(O)(C(F)(F)F)C(F)(F)F. The Bertz CT molecular complexity index is 418. The topological polar surface area (TPSA) is 46.5 Å². The number of aliphatic hydroxyl groups is 1. The van der Waals surface area contributed by atoms with Crippen LogP contribution in [0.25, 0.3) is 0 Å². The lowest BCUT2D eigenvalue weighted by atomic mass is 9.81. The van der Waals surface area contributed by atoms with Gasteiger partial charge in [-0.1, -0.05) is 6.92 Å². The first-order valence-corrected chi connectivity index (χ1v) is 7.77. The predicted octanol–water partition coefficient (Wildman–Crippen LogP) is 4.24. The van der Waals surface area contributed by atoms with E-state index in [1.165, 1.54) is 6.92 Å². The van der Waals surface area contributed by atoms with Crippen molar-refractivity contribution in [3.05, 3.63) is 0 Å². The molecule has 1 aliphatic rings. The molecule has 0 radical (unpaired) electrons. The monoisotopic (exact) mass is 364 g/mol. The summed E-state index contributed by atoms with van der Waals surface area (Å²) in [5.41, 5.74) is -4.69. The highest BCUT2D eigenvalue weighted by Gasteiger charge is 2.70. The zero-order chi connectivity index (χ0) is 18.8. The molecular formula is C15H22F6O3. The number of rotatable bonds is 6. The van der Waals surface area contributed by atoms with Crippen molar-refractivity contribution in [2.24, 2.45) is 17.8 Å². The van der Waals surface area contributed by atoms with Crippen molar-refractivity contribution in [3.63, 3.8) is 0 Å². The lowest BCUT2D eigenvalue weighted by Crippen LogP contribution is -2.58. The Balaban J connectivity index is 2.79. The highest BCUT2D eigenvalue weighted by atomic mass is 19.4. The van der Waals surface area contributed by atoms with Gasteiger partial charge in [0.05, 0.1) is 6.61 Å². The van der Waals surface area contributed by atoms with Gasteiger partial charge in [0, 0.05) is 6.92 Å². The van der Waals surface area contributed by atoms with Gasteiger partial charge in [0.2, 0.25) is 0 Å². The van der Waals surface area contributed by atoms with Crippen LogP contribution in [0.5, 0.6) is 0 Å². The fraction of sp³-hybridized carbons (Fsp3) is 0.933. The molecule has 3 unspecified atom stereocenters. The van der Waals surface area contributed by atoms with E-state index in [0.29, 0.717) is 19.3 Å². The standard InChI is InChI=1S/C15H22F6O3/c1-9-6-11(4-3-5-24-10(2)22)12(7-9)8-13(23,14(16,17)18)15(19,20)21/h9,11-12,23H,3-8H2,1-2H3. The van der Waals surface area contributed by atoms with Gasteiger partial charge in [0.1, 0.15) is 0 Å². The Hall–Kier alpha value is -0.990. The Labute approximate surface area is 136 Å². The molecule has 0 heterocycles. The van der Waals surface area contributed by atoms with E-state index in [4.69, 9.17) is 4.74 Å². The van der Waals surface area contributed by atoms with Gasteiger partial charge in [0.25, 0.3) is 5.60 Å². The van der Waals surface area contributed by atoms with Crippen molar-refractivity contribution in [2.75, 3.05) is 6.61 Å². The Morgan fingerprint density at radius 3 is 2.04 bits per heavy atom. The maximum atomic E-state index is 12.8. The van der Waals surface area contributed by atoms with Crippen LogP contribution in [0, 0.1) is 17.8 Å². The molecule has 3 atom stereocenters. The van der Waals surface area contributed by atoms with E-state index in [0.717, 1.165) is 0 Å². The fourth-order valence-corrected chi connectivity index (χ4v) is 3.45. The summed E-state index contributed by atoms with van der Waals surface area (Å²) in [6.07, 6.45) is -11.5. The lowest BCUT2D eigenvalue weighted by Gasteiger charge is -2.35. The molecule has 0 aromatic heterocycles. The van der Waals surface area contributed by atoms with Crippen molar-refractivity contribution in [2.45, 2.75) is 63.9 Å². The minimum Gasteiger partial charge on any atom is -0.466 e. The summed E-state index contributed by atoms with van der Waals surface area (Å²) in [5, 5.41) is 9.37. The molecule has 1 rings (SSSR count). The molecule has 1 aliphatic carbocycles. The van der Waals surface area contributed by atoms with E-state index in [9.17, 15) is 36.2 Å². The van der Waals surface area contributed by atoms with Crippen LogP contribution in [0.4, 0.5) is 26.3 Å². The van der Waals surface area contributed by atoms with Gasteiger partial charge in [-0.05, 0) is 49.9 Å². The van der Waals surface area contributed by atoms with E-state index in [-0.39, 0.29) is 24.9 Å². The van der Waals surface area contributed by atoms with E-state index < -0.39 is 36.3 Å². The lowest BCUT2D eigenvalue weighted by molar-refractivity contribution is -0.373. The Morgan fingerprint density at radius 2 is 1.58 bits per heavy atom. The average molecular weight is 364 g/mol. The molecule has 24 heavy (non-hydrogen) atoms. The molecule has 3 nitrogen and oxygen atoms in total. The van der Waals surface area contributed by atoms with Crippen LogP contribution in [0.2, 0.25) is 0 Å². The van der Waals surface area contributed by atoms with Gasteiger partial charge >= 0.3 is 18.3 Å². The zero-order valence-electron chi connectivity index (χ0n) is 13.5. The van der Waals surface area contributed by atoms with E-state index in [2.05, 4.69) is 0 Å². The van der Waals surface area contributed by atoms with Crippen LogP contribution < -0.4 is 0 Å². The normalized spacial score (nSPS) is 25.8. The molecule has 1 saturated carbocycles. The highest BCUT2D eigenvalue weighted by molar-refractivity contribution is 5.65. The first-order valence-electron chi connectivity index (χ1n) is 7.77. The highest BCUT2D eigenvalue weighted by Crippen LogP contribution is 2.51. The molecule has 1 N–H and O–H groups in total. The number of carbonyl (C=O) groups is 1. The Morgan fingerprint density at radius 1 is 1.08 bits per heavy atom. The molecule has 0 aliphatic heterocycles. The van der Waals surface area contributed by atoms with Crippen LogP contribution in [0.3, 0.4) is 0 Å². The smallest absolute Gasteiger partial charge is 0.426 e. The first-order chi connectivity index (χ1) is 10.8. The van der Waals surface area contributed by atoms with E-state index >= 15 is 0 Å². The minimum absolute atomic E-state index is 0.0144. The summed E-state index contributed by atoms with van der Waals surface area (Å²) >= 11 is 0. The fourth-order valence-electron chi connectivity index (χ4n) is 3.45. The number of carbonyl (C=O) groups excluding carboxylic acids is 1. The summed E-state index contributed by atoms with van der Waals surface area (Å²) in [6.45, 7) is 3.06. The van der Waals surface area contributed by atoms with Crippen LogP contribution in [0.1, 0.15) is 46.0 Å². The Kier molecular flexibility index (Phi) is 6.57. The van der Waals surface area contributed by atoms with Crippen molar-refractivity contribution in [3.8, 4) is 0 Å². The number of hydrogen-bond donors (Lipinski definition) is 1. The van der Waals surface area contributed by atoms with Gasteiger partial charge in [-0.25, -0.2) is 0 Å². The molecule has 1 fully saturated rings. The largest absolute Gasteiger partial charge is 0.466 e. The van der Waals surface area contributed by atoms with Gasteiger partial charge in [0.15, 0.2) is 0 Å². The first kappa shape index (κ1) is 21.1. The van der Waals surface area contributed by atoms with Crippen molar-refractivity contribution < 1.29 is 41.0 Å². The molecule has 142 valence electrons. The maximum absolute atomic E-state index is 12.8. The number of alkyl halides is 6. The molecule has 0 aromatic rings. The summed E-state index contributed by atoms with van der Waals surface area (Å²) in [4.78, 5) is 10.7. The molecule has 9 heteroatoms. The number of ether oxygens (including phenoxy) is 1. The van der Waals surface area contributed by atoms with Gasteiger partial charge in [-0.15, -0.1) is 0 Å². The van der Waals surface area contributed by atoms with Crippen molar-refractivity contribution in [1.29, 1.82) is 0 Å². The quantitative estimate of drug-likeness (QED) is 0.436. The predicted molar refractivity (Wildman–Crippen MR) is 72.9 cm³/mol. The average Bonchev–Trinajstić information content (AvgIpc) is 2.71. The van der Waals surface area contributed by atoms with Crippen LogP contribution in [-0.2, 0) is 9.53 Å². The zero-order valence-corrected chi connectivity index (χ0v) is 13.5. The van der Waals surface area contributed by atoms with E-state index in [1.807, 2.05) is 0 Å². The van der Waals surface area contributed by atoms with Crippen LogP contribution in [0.15, 0.2) is 0 Å². The third-order valence-electron chi connectivity index (χ3n) is 4.60. The van der Waals surface area contributed by atoms with E-state index in [1.54, 1.807) is 6.92 Å². The second-order valence-electron chi connectivity index (χ2n) is 6.64. The van der Waals surface area contributed by atoms with Crippen molar-refractivity contribution in [1.82, 2.24) is 0 Å². The van der Waals surface area contributed by atoms with Gasteiger partial charge < -0.3 is 9.84 Å². The van der Waals surface area contributed by atoms with Gasteiger partial charge in [-0.3, -0.25) is 4.79 Å². The minimum atomic E-state index is -5.78. The molecule has 0 saturated heterocycles. The van der Waals surface area contributed by atoms with Crippen LogP contribution in [-0.4, -0.2) is 35.6 Å². The summed E-state index contributed by atoms with van der Waals surface area (Å²) in [7, 11) is 0. The summed E-state index contributed by atoms with van der Waals surface area (Å²) in [6, 6.07) is 0. The number of hydrogen-bond acceptors (Lipinski definition) is 3. The number of esters is 1. The third-order valence-corrected chi connectivity index (χ3v) is 4.60. The van der Waals surface area contributed by atoms with Gasteiger partial charge in [-0.2, -0.15) is 26.3 Å². The molecule has 0 spiro atoms. The molecule has 0 amide bonds. The van der Waals surface area contributed by atoms with Crippen LogP contribution >= 0.6 is 0 Å². The third kappa shape index (κ3) is 5.00. The van der Waals surface area contributed by atoms with Crippen molar-refractivity contribution >= 4 is 5.97 Å².